The molecule has 9 heteroatoms. The van der Waals surface area contributed by atoms with Gasteiger partial charge in [-0.25, -0.2) is 13.6 Å². The van der Waals surface area contributed by atoms with E-state index in [1.165, 1.54) is 0 Å². The van der Waals surface area contributed by atoms with Gasteiger partial charge in [0.1, 0.15) is 5.37 Å². The second-order valence-electron chi connectivity index (χ2n) is 2.04. The van der Waals surface area contributed by atoms with E-state index in [1.54, 1.807) is 0 Å². The Kier molecular flexibility index (Phi) is 4.59. The molecule has 0 heterocycles. The number of amides is 1. The minimum Gasteiger partial charge on any atom is -0.351 e. The van der Waals surface area contributed by atoms with Gasteiger partial charge in [-0.05, 0) is 0 Å². The van der Waals surface area contributed by atoms with E-state index in [-0.39, 0.29) is 6.54 Å². The van der Waals surface area contributed by atoms with Crippen LogP contribution in [0.4, 0.5) is 0 Å². The van der Waals surface area contributed by atoms with Crippen molar-refractivity contribution in [3.05, 3.63) is 0 Å². The second kappa shape index (κ2) is 4.94. The zero-order valence-electron chi connectivity index (χ0n) is 6.43. The van der Waals surface area contributed by atoms with E-state index in [1.807, 2.05) is 5.32 Å². The first-order valence-electron chi connectivity index (χ1n) is 3.02. The van der Waals surface area contributed by atoms with Gasteiger partial charge in [0.2, 0.25) is 20.3 Å². The van der Waals surface area contributed by atoms with Crippen molar-refractivity contribution in [2.45, 2.75) is 0 Å². The maximum absolute atomic E-state index is 10.5. The standard InChI is InChI=1S/C4H8N2O5S2/c5-13(10,11)2-1-6-4(7)3-12(8)9/h3H,1-2H2,(H,6,7)(H2,5,10,11). The highest BCUT2D eigenvalue weighted by atomic mass is 32.2. The highest BCUT2D eigenvalue weighted by Gasteiger charge is 2.03. The molecule has 0 atom stereocenters. The molecule has 0 aliphatic rings. The average molecular weight is 228 g/mol. The normalized spacial score (nSPS) is 10.5. The van der Waals surface area contributed by atoms with Crippen LogP contribution in [0.5, 0.6) is 0 Å². The Labute approximate surface area is 76.5 Å². The Morgan fingerprint density at radius 2 is 2.00 bits per heavy atom. The third-order valence-corrected chi connectivity index (χ3v) is 2.07. The van der Waals surface area contributed by atoms with Crippen molar-refractivity contribution in [3.63, 3.8) is 0 Å². The minimum atomic E-state index is -3.63. The van der Waals surface area contributed by atoms with Crippen LogP contribution in [0.3, 0.4) is 0 Å². The molecule has 0 saturated heterocycles. The van der Waals surface area contributed by atoms with Crippen molar-refractivity contribution in [1.29, 1.82) is 0 Å². The fourth-order valence-electron chi connectivity index (χ4n) is 0.446. The lowest BCUT2D eigenvalue weighted by Crippen LogP contribution is -2.32. The number of carbonyl (C=O) groups is 1. The van der Waals surface area contributed by atoms with Gasteiger partial charge in [-0.2, -0.15) is 8.42 Å². The fraction of sp³-hybridized carbons (Fsp3) is 0.500. The lowest BCUT2D eigenvalue weighted by Gasteiger charge is -1.98. The quantitative estimate of drug-likeness (QED) is 0.499. The summed E-state index contributed by atoms with van der Waals surface area (Å²) in [6.07, 6.45) is 0. The maximum Gasteiger partial charge on any atom is 0.259 e. The zero-order valence-corrected chi connectivity index (χ0v) is 8.06. The van der Waals surface area contributed by atoms with Crippen molar-refractivity contribution in [1.82, 2.24) is 5.32 Å². The zero-order chi connectivity index (χ0) is 10.5. The topological polar surface area (TPSA) is 123 Å². The lowest BCUT2D eigenvalue weighted by molar-refractivity contribution is -0.114. The molecule has 0 spiro atoms. The van der Waals surface area contributed by atoms with Crippen molar-refractivity contribution in [2.24, 2.45) is 5.14 Å². The molecular weight excluding hydrogens is 220 g/mol. The van der Waals surface area contributed by atoms with Crippen LogP contribution < -0.4 is 10.5 Å². The van der Waals surface area contributed by atoms with Crippen molar-refractivity contribution in [2.75, 3.05) is 12.3 Å². The second-order valence-corrected chi connectivity index (χ2v) is 4.53. The SMILES string of the molecule is NS(=O)(=O)CCNC(=O)C=S(=O)=O. The number of rotatable bonds is 4. The first-order valence-corrected chi connectivity index (χ1v) is 5.88. The van der Waals surface area contributed by atoms with Gasteiger partial charge in [0.15, 0.2) is 0 Å². The third kappa shape index (κ3) is 8.98. The number of hydrogen-bond acceptors (Lipinski definition) is 5. The van der Waals surface area contributed by atoms with E-state index in [0.717, 1.165) is 0 Å². The van der Waals surface area contributed by atoms with Gasteiger partial charge in [0.25, 0.3) is 5.91 Å². The number of carbonyl (C=O) groups excluding carboxylic acids is 1. The van der Waals surface area contributed by atoms with Crippen molar-refractivity contribution in [3.8, 4) is 0 Å². The summed E-state index contributed by atoms with van der Waals surface area (Å²) in [6.45, 7) is -0.217. The van der Waals surface area contributed by atoms with Crippen molar-refractivity contribution >= 4 is 31.6 Å². The molecule has 7 nitrogen and oxygen atoms in total. The predicted octanol–water partition coefficient (Wildman–Crippen LogP) is -2.93. The fourth-order valence-corrected chi connectivity index (χ4v) is 1.09. The summed E-state index contributed by atoms with van der Waals surface area (Å²) in [5.41, 5.74) is 0. The Hall–Kier alpha value is -0.930. The van der Waals surface area contributed by atoms with Crippen LogP contribution in [-0.2, 0) is 25.1 Å². The highest BCUT2D eigenvalue weighted by Crippen LogP contribution is 1.73. The monoisotopic (exact) mass is 228 g/mol. The van der Waals surface area contributed by atoms with Crippen LogP contribution in [0, 0.1) is 0 Å². The minimum absolute atomic E-state index is 0.217. The Morgan fingerprint density at radius 1 is 1.46 bits per heavy atom. The molecule has 1 amide bonds. The summed E-state index contributed by atoms with van der Waals surface area (Å²) in [7, 11) is -6.22. The van der Waals surface area contributed by atoms with Gasteiger partial charge in [-0.15, -0.1) is 0 Å². The van der Waals surface area contributed by atoms with Crippen LogP contribution >= 0.6 is 0 Å². The van der Waals surface area contributed by atoms with Gasteiger partial charge < -0.3 is 5.32 Å². The van der Waals surface area contributed by atoms with Gasteiger partial charge in [-0.3, -0.25) is 4.79 Å². The van der Waals surface area contributed by atoms with Gasteiger partial charge in [-0.1, -0.05) is 0 Å². The molecule has 0 fully saturated rings. The molecule has 0 rings (SSSR count). The van der Waals surface area contributed by atoms with Crippen LogP contribution in [0.1, 0.15) is 0 Å². The van der Waals surface area contributed by atoms with Crippen LogP contribution in [0.15, 0.2) is 0 Å². The van der Waals surface area contributed by atoms with Crippen LogP contribution in [0.25, 0.3) is 0 Å². The Balaban J connectivity index is 3.94. The third-order valence-electron chi connectivity index (χ3n) is 0.889. The number of nitrogens with two attached hydrogens (primary N) is 1. The largest absolute Gasteiger partial charge is 0.351 e. The predicted molar refractivity (Wildman–Crippen MR) is 46.0 cm³/mol. The number of sulfonamides is 1. The molecule has 0 aromatic heterocycles. The van der Waals surface area contributed by atoms with E-state index in [4.69, 9.17) is 0 Å². The smallest absolute Gasteiger partial charge is 0.259 e. The van der Waals surface area contributed by atoms with Gasteiger partial charge in [0, 0.05) is 6.54 Å². The summed E-state index contributed by atoms with van der Waals surface area (Å²) in [4.78, 5) is 10.5. The summed E-state index contributed by atoms with van der Waals surface area (Å²) in [5, 5.41) is 7.03. The lowest BCUT2D eigenvalue weighted by atomic mass is 10.6. The van der Waals surface area contributed by atoms with E-state index < -0.39 is 32.0 Å². The van der Waals surface area contributed by atoms with Gasteiger partial charge in [0.05, 0.1) is 5.75 Å². The molecule has 0 aromatic carbocycles. The number of primary sulfonamides is 1. The molecule has 3 N–H and O–H groups in total. The molecule has 76 valence electrons. The summed E-state index contributed by atoms with van der Waals surface area (Å²) < 4.78 is 40.5. The first kappa shape index (κ1) is 12.1. The molecule has 0 saturated carbocycles. The Morgan fingerprint density at radius 3 is 2.38 bits per heavy atom. The molecule has 0 bridgehead atoms. The van der Waals surface area contributed by atoms with Gasteiger partial charge >= 0.3 is 0 Å². The molecular formula is C4H8N2O5S2. The molecule has 0 unspecified atom stereocenters. The molecule has 0 radical (unpaired) electrons. The van der Waals surface area contributed by atoms with Crippen LogP contribution in [-0.4, -0.2) is 40.4 Å². The maximum atomic E-state index is 10.5. The molecule has 0 aliphatic carbocycles. The highest BCUT2D eigenvalue weighted by molar-refractivity contribution is 7.89. The first-order chi connectivity index (χ1) is 5.81. The summed E-state index contributed by atoms with van der Waals surface area (Å²) in [5.74, 6) is -1.31. The van der Waals surface area contributed by atoms with E-state index >= 15 is 0 Å². The molecule has 13 heavy (non-hydrogen) atoms. The summed E-state index contributed by atoms with van der Waals surface area (Å²) in [6, 6.07) is 0. The van der Waals surface area contributed by atoms with E-state index in [0.29, 0.717) is 5.37 Å². The van der Waals surface area contributed by atoms with E-state index in [9.17, 15) is 21.6 Å². The summed E-state index contributed by atoms with van der Waals surface area (Å²) >= 11 is 0. The molecule has 0 aromatic rings. The van der Waals surface area contributed by atoms with Crippen LogP contribution in [0.2, 0.25) is 0 Å². The number of hydrogen-bond donors (Lipinski definition) is 2. The molecule has 0 aliphatic heterocycles. The van der Waals surface area contributed by atoms with Crippen molar-refractivity contribution < 1.29 is 21.6 Å². The average Bonchev–Trinajstić information content (AvgIpc) is 1.81. The number of nitrogens with one attached hydrogen (secondary N) is 1. The van der Waals surface area contributed by atoms with E-state index in [2.05, 4.69) is 5.14 Å². The Bertz CT molecular complexity index is 398.